The number of amides is 2. The Morgan fingerprint density at radius 2 is 1.66 bits per heavy atom. The van der Waals surface area contributed by atoms with E-state index >= 15 is 0 Å². The van der Waals surface area contributed by atoms with Gasteiger partial charge in [0.2, 0.25) is 0 Å². The first kappa shape index (κ1) is 19.9. The summed E-state index contributed by atoms with van der Waals surface area (Å²) < 4.78 is 10.9. The summed E-state index contributed by atoms with van der Waals surface area (Å²) in [6, 6.07) is 20.7. The number of fused-ring (bicyclic) bond motifs is 1. The molecule has 3 aromatic rings. The van der Waals surface area contributed by atoms with Crippen LogP contribution in [0.25, 0.3) is 16.8 Å². The van der Waals surface area contributed by atoms with E-state index in [2.05, 4.69) is 10.9 Å². The fourth-order valence-corrected chi connectivity index (χ4v) is 2.69. The highest BCUT2D eigenvalue weighted by Crippen LogP contribution is 2.24. The Hall–Kier alpha value is -3.80. The van der Waals surface area contributed by atoms with Crippen molar-refractivity contribution in [2.75, 3.05) is 13.2 Å². The molecule has 0 radical (unpaired) electrons. The van der Waals surface area contributed by atoms with E-state index in [-0.39, 0.29) is 6.61 Å². The molecule has 0 bridgehead atoms. The molecule has 6 nitrogen and oxygen atoms in total. The molecule has 148 valence electrons. The molecule has 0 spiro atoms. The molecule has 0 aliphatic heterocycles. The lowest BCUT2D eigenvalue weighted by molar-refractivity contribution is -0.128. The number of ether oxygens (including phenoxy) is 2. The molecule has 0 aromatic heterocycles. The number of nitrogens with one attached hydrogen (secondary N) is 2. The van der Waals surface area contributed by atoms with Crippen molar-refractivity contribution in [3.05, 3.63) is 78.4 Å². The van der Waals surface area contributed by atoms with Gasteiger partial charge in [0.05, 0.1) is 6.61 Å². The summed E-state index contributed by atoms with van der Waals surface area (Å²) in [7, 11) is 0. The second kappa shape index (κ2) is 9.94. The lowest BCUT2D eigenvalue weighted by Crippen LogP contribution is -2.43. The topological polar surface area (TPSA) is 76.7 Å². The van der Waals surface area contributed by atoms with E-state index in [1.54, 1.807) is 12.1 Å². The number of hydrazine groups is 1. The fourth-order valence-electron chi connectivity index (χ4n) is 2.69. The first-order valence-electron chi connectivity index (χ1n) is 9.26. The highest BCUT2D eigenvalue weighted by molar-refractivity contribution is 5.93. The van der Waals surface area contributed by atoms with Crippen molar-refractivity contribution in [1.29, 1.82) is 0 Å². The molecule has 0 saturated carbocycles. The number of benzene rings is 3. The monoisotopic (exact) mass is 390 g/mol. The third-order valence-corrected chi connectivity index (χ3v) is 4.05. The van der Waals surface area contributed by atoms with Crippen molar-refractivity contribution in [3.8, 4) is 11.5 Å². The third-order valence-electron chi connectivity index (χ3n) is 4.05. The number of rotatable bonds is 7. The minimum atomic E-state index is -0.458. The van der Waals surface area contributed by atoms with Crippen molar-refractivity contribution >= 4 is 28.7 Å². The zero-order chi connectivity index (χ0) is 20.5. The first-order valence-corrected chi connectivity index (χ1v) is 9.26. The maximum Gasteiger partial charge on any atom is 0.276 e. The van der Waals surface area contributed by atoms with Crippen molar-refractivity contribution in [1.82, 2.24) is 10.9 Å². The Kier molecular flexibility index (Phi) is 6.84. The van der Waals surface area contributed by atoms with Crippen LogP contribution < -0.4 is 20.3 Å². The van der Waals surface area contributed by atoms with Crippen LogP contribution in [0.2, 0.25) is 0 Å². The van der Waals surface area contributed by atoms with E-state index < -0.39 is 11.8 Å². The summed E-state index contributed by atoms with van der Waals surface area (Å²) in [5, 5.41) is 1.95. The Labute approximate surface area is 169 Å². The molecule has 2 amide bonds. The molecule has 0 saturated heterocycles. The maximum absolute atomic E-state index is 11.9. The first-order chi connectivity index (χ1) is 14.2. The Morgan fingerprint density at radius 1 is 0.897 bits per heavy atom. The van der Waals surface area contributed by atoms with Gasteiger partial charge in [0.1, 0.15) is 11.5 Å². The van der Waals surface area contributed by atoms with Crippen LogP contribution in [0.1, 0.15) is 12.5 Å². The van der Waals surface area contributed by atoms with Gasteiger partial charge in [0, 0.05) is 11.5 Å². The van der Waals surface area contributed by atoms with E-state index in [1.165, 1.54) is 6.08 Å². The van der Waals surface area contributed by atoms with E-state index in [0.29, 0.717) is 12.4 Å². The summed E-state index contributed by atoms with van der Waals surface area (Å²) in [5.41, 5.74) is 5.50. The molecule has 6 heteroatoms. The predicted molar refractivity (Wildman–Crippen MR) is 112 cm³/mol. The second-order valence-corrected chi connectivity index (χ2v) is 6.14. The minimum absolute atomic E-state index is 0.211. The van der Waals surface area contributed by atoms with Gasteiger partial charge < -0.3 is 9.47 Å². The van der Waals surface area contributed by atoms with Gasteiger partial charge in [-0.25, -0.2) is 0 Å². The highest BCUT2D eigenvalue weighted by Gasteiger charge is 2.06. The zero-order valence-corrected chi connectivity index (χ0v) is 16.1. The average Bonchev–Trinajstić information content (AvgIpc) is 2.76. The lowest BCUT2D eigenvalue weighted by Gasteiger charge is -2.10. The number of carbonyl (C=O) groups excluding carboxylic acids is 2. The SMILES string of the molecule is CCOc1ccc(/C=C/C(=O)NNC(=O)COc2cccc3ccccc23)cc1. The molecule has 29 heavy (non-hydrogen) atoms. The van der Waals surface area contributed by atoms with Crippen LogP contribution in [0.4, 0.5) is 0 Å². The summed E-state index contributed by atoms with van der Waals surface area (Å²) >= 11 is 0. The molecule has 3 aromatic carbocycles. The molecule has 0 heterocycles. The molecule has 0 fully saturated rings. The molecule has 2 N–H and O–H groups in total. The van der Waals surface area contributed by atoms with Gasteiger partial charge in [-0.15, -0.1) is 0 Å². The van der Waals surface area contributed by atoms with Gasteiger partial charge in [-0.05, 0) is 42.1 Å². The Balaban J connectivity index is 1.45. The minimum Gasteiger partial charge on any atom is -0.494 e. The molecular formula is C23H22N2O4. The van der Waals surface area contributed by atoms with Crippen LogP contribution >= 0.6 is 0 Å². The van der Waals surface area contributed by atoms with Crippen LogP contribution in [0.15, 0.2) is 72.8 Å². The van der Waals surface area contributed by atoms with Crippen LogP contribution in [-0.4, -0.2) is 25.0 Å². The van der Waals surface area contributed by atoms with Gasteiger partial charge in [0.15, 0.2) is 6.61 Å². The Bertz CT molecular complexity index is 1010. The number of hydrogen-bond acceptors (Lipinski definition) is 4. The average molecular weight is 390 g/mol. The van der Waals surface area contributed by atoms with Crippen LogP contribution in [0.5, 0.6) is 11.5 Å². The van der Waals surface area contributed by atoms with Crippen LogP contribution in [-0.2, 0) is 9.59 Å². The lowest BCUT2D eigenvalue weighted by atomic mass is 10.1. The van der Waals surface area contributed by atoms with Crippen molar-refractivity contribution in [2.24, 2.45) is 0 Å². The van der Waals surface area contributed by atoms with Gasteiger partial charge in [-0.3, -0.25) is 20.4 Å². The highest BCUT2D eigenvalue weighted by atomic mass is 16.5. The standard InChI is InChI=1S/C23H22N2O4/c1-2-28-19-13-10-17(11-14-19)12-15-22(26)24-25-23(27)16-29-21-9-5-7-18-6-3-4-8-20(18)21/h3-15H,2,16H2,1H3,(H,24,26)(H,25,27)/b15-12+. The predicted octanol–water partition coefficient (Wildman–Crippen LogP) is 3.48. The summed E-state index contributed by atoms with van der Waals surface area (Å²) in [6.45, 7) is 2.30. The van der Waals surface area contributed by atoms with Gasteiger partial charge in [-0.2, -0.15) is 0 Å². The van der Waals surface area contributed by atoms with Crippen molar-refractivity contribution < 1.29 is 19.1 Å². The molecule has 0 unspecified atom stereocenters. The fraction of sp³-hybridized carbons (Fsp3) is 0.130. The molecule has 3 rings (SSSR count). The van der Waals surface area contributed by atoms with E-state index in [1.807, 2.05) is 67.6 Å². The summed E-state index contributed by atoms with van der Waals surface area (Å²) in [4.78, 5) is 23.8. The van der Waals surface area contributed by atoms with E-state index in [9.17, 15) is 9.59 Å². The van der Waals surface area contributed by atoms with Gasteiger partial charge >= 0.3 is 0 Å². The second-order valence-electron chi connectivity index (χ2n) is 6.14. The van der Waals surface area contributed by atoms with Crippen LogP contribution in [0, 0.1) is 0 Å². The maximum atomic E-state index is 11.9. The number of hydrogen-bond donors (Lipinski definition) is 2. The van der Waals surface area contributed by atoms with E-state index in [4.69, 9.17) is 9.47 Å². The largest absolute Gasteiger partial charge is 0.494 e. The quantitative estimate of drug-likeness (QED) is 0.478. The number of carbonyl (C=O) groups is 2. The normalized spacial score (nSPS) is 10.7. The molecule has 0 aliphatic carbocycles. The van der Waals surface area contributed by atoms with Crippen molar-refractivity contribution in [3.63, 3.8) is 0 Å². The van der Waals surface area contributed by atoms with Gasteiger partial charge in [-0.1, -0.05) is 48.5 Å². The molecule has 0 atom stereocenters. The zero-order valence-electron chi connectivity index (χ0n) is 16.1. The Morgan fingerprint density at radius 3 is 2.45 bits per heavy atom. The molecular weight excluding hydrogens is 368 g/mol. The van der Waals surface area contributed by atoms with Crippen molar-refractivity contribution in [2.45, 2.75) is 6.92 Å². The summed E-state index contributed by atoms with van der Waals surface area (Å²) in [5.74, 6) is 0.477. The van der Waals surface area contributed by atoms with Crippen LogP contribution in [0.3, 0.4) is 0 Å². The summed E-state index contributed by atoms with van der Waals surface area (Å²) in [6.07, 6.45) is 2.98. The third kappa shape index (κ3) is 5.84. The van der Waals surface area contributed by atoms with E-state index in [0.717, 1.165) is 22.1 Å². The smallest absolute Gasteiger partial charge is 0.276 e. The molecule has 0 aliphatic rings. The van der Waals surface area contributed by atoms with Gasteiger partial charge in [0.25, 0.3) is 11.8 Å².